The van der Waals surface area contributed by atoms with Gasteiger partial charge in [0.2, 0.25) is 0 Å². The van der Waals surface area contributed by atoms with Crippen molar-refractivity contribution in [3.05, 3.63) is 69.2 Å². The molecule has 0 fully saturated rings. The topological polar surface area (TPSA) is 70.3 Å². The molecule has 0 unspecified atom stereocenters. The summed E-state index contributed by atoms with van der Waals surface area (Å²) in [4.78, 5) is 15.1. The molecule has 2 heterocycles. The van der Waals surface area contributed by atoms with Crippen LogP contribution in [0.5, 0.6) is 0 Å². The fraction of sp³-hybridized carbons (Fsp3) is 0.105. The first-order valence-electron chi connectivity index (χ1n) is 8.21. The molecule has 0 aliphatic carbocycles. The van der Waals surface area contributed by atoms with Gasteiger partial charge in [-0.2, -0.15) is 18.3 Å². The molecule has 148 valence electrons. The molecule has 1 aliphatic heterocycles. The standard InChI is InChI=1S/C19H11ClF3N3O2S/c20-13-3-2-11(14(7-13)19(21,22)23)9-26-15-4-1-10(5-12(15)8-24-26)6-16-17(27)25-18(28)29-16/h1-8H,9H2,(H,25,27,28)/p-1/b16-6-. The normalized spacial score (nSPS) is 16.1. The summed E-state index contributed by atoms with van der Waals surface area (Å²) in [5.74, 6) is -0.585. The SMILES string of the molecule is O=C1N=C([O-])S/C1=C\c1ccc2c(cnn2Cc2ccc(Cl)cc2C(F)(F)F)c1. The summed E-state index contributed by atoms with van der Waals surface area (Å²) in [6, 6.07) is 8.76. The van der Waals surface area contributed by atoms with Crippen LogP contribution in [0, 0.1) is 0 Å². The van der Waals surface area contributed by atoms with Crippen LogP contribution in [-0.4, -0.2) is 20.9 Å². The average molecular weight is 437 g/mol. The molecule has 4 rings (SSSR count). The lowest BCUT2D eigenvalue weighted by Gasteiger charge is -2.14. The highest BCUT2D eigenvalue weighted by Crippen LogP contribution is 2.34. The van der Waals surface area contributed by atoms with E-state index in [4.69, 9.17) is 11.6 Å². The van der Waals surface area contributed by atoms with Gasteiger partial charge >= 0.3 is 6.18 Å². The smallest absolute Gasteiger partial charge is 0.416 e. The summed E-state index contributed by atoms with van der Waals surface area (Å²) in [5, 5.41) is 15.5. The van der Waals surface area contributed by atoms with Crippen molar-refractivity contribution in [1.82, 2.24) is 9.78 Å². The summed E-state index contributed by atoms with van der Waals surface area (Å²) >= 11 is 6.48. The highest BCUT2D eigenvalue weighted by atomic mass is 35.5. The fourth-order valence-corrected chi connectivity index (χ4v) is 3.79. The lowest BCUT2D eigenvalue weighted by molar-refractivity contribution is -0.205. The number of halogens is 4. The Hall–Kier alpha value is -2.78. The molecule has 0 saturated carbocycles. The largest absolute Gasteiger partial charge is 0.853 e. The van der Waals surface area contributed by atoms with E-state index in [2.05, 4.69) is 10.1 Å². The molecule has 0 N–H and O–H groups in total. The van der Waals surface area contributed by atoms with Crippen molar-refractivity contribution in [2.45, 2.75) is 12.7 Å². The first-order valence-corrected chi connectivity index (χ1v) is 9.41. The quantitative estimate of drug-likeness (QED) is 0.580. The number of carbonyl (C=O) groups is 1. The summed E-state index contributed by atoms with van der Waals surface area (Å²) in [6.07, 6.45) is -1.46. The van der Waals surface area contributed by atoms with Crippen molar-refractivity contribution in [1.29, 1.82) is 0 Å². The molecule has 1 aliphatic rings. The number of hydrogen-bond donors (Lipinski definition) is 0. The van der Waals surface area contributed by atoms with Gasteiger partial charge in [-0.1, -0.05) is 35.5 Å². The molecule has 0 radical (unpaired) electrons. The van der Waals surface area contributed by atoms with Crippen LogP contribution in [0.1, 0.15) is 16.7 Å². The summed E-state index contributed by atoms with van der Waals surface area (Å²) in [5.41, 5.74) is 0.521. The maximum atomic E-state index is 13.3. The van der Waals surface area contributed by atoms with E-state index in [1.165, 1.54) is 23.0 Å². The van der Waals surface area contributed by atoms with Crippen molar-refractivity contribution < 1.29 is 23.1 Å². The molecule has 0 bridgehead atoms. The molecule has 2 aromatic carbocycles. The van der Waals surface area contributed by atoms with Gasteiger partial charge in [-0.25, -0.2) is 4.99 Å². The Bertz CT molecular complexity index is 1200. The molecule has 10 heteroatoms. The van der Waals surface area contributed by atoms with E-state index in [1.807, 2.05) is 0 Å². The van der Waals surface area contributed by atoms with Crippen LogP contribution in [-0.2, 0) is 17.5 Å². The van der Waals surface area contributed by atoms with Crippen molar-refractivity contribution in [2.75, 3.05) is 0 Å². The third kappa shape index (κ3) is 4.01. The molecule has 3 aromatic rings. The van der Waals surface area contributed by atoms with Gasteiger partial charge in [0.05, 0.1) is 28.7 Å². The van der Waals surface area contributed by atoms with Gasteiger partial charge in [0.25, 0.3) is 5.91 Å². The van der Waals surface area contributed by atoms with Crippen molar-refractivity contribution >= 4 is 51.5 Å². The van der Waals surface area contributed by atoms with E-state index >= 15 is 0 Å². The molecule has 0 spiro atoms. The van der Waals surface area contributed by atoms with Crippen LogP contribution >= 0.6 is 23.4 Å². The van der Waals surface area contributed by atoms with Gasteiger partial charge in [0.15, 0.2) is 0 Å². The van der Waals surface area contributed by atoms with Gasteiger partial charge in [-0.15, -0.1) is 0 Å². The van der Waals surface area contributed by atoms with Gasteiger partial charge in [-0.05, 0) is 41.5 Å². The Morgan fingerprint density at radius 1 is 1.21 bits per heavy atom. The molecule has 1 aromatic heterocycles. The minimum atomic E-state index is -4.53. The van der Waals surface area contributed by atoms with E-state index < -0.39 is 22.9 Å². The highest BCUT2D eigenvalue weighted by Gasteiger charge is 2.33. The average Bonchev–Trinajstić information content (AvgIpc) is 3.18. The number of fused-ring (bicyclic) bond motifs is 1. The number of benzene rings is 2. The monoisotopic (exact) mass is 436 g/mol. The van der Waals surface area contributed by atoms with Crippen LogP contribution < -0.4 is 5.11 Å². The van der Waals surface area contributed by atoms with Crippen molar-refractivity contribution in [3.8, 4) is 0 Å². The minimum absolute atomic E-state index is 0.00798. The maximum absolute atomic E-state index is 13.3. The Labute approximate surface area is 171 Å². The van der Waals surface area contributed by atoms with Crippen molar-refractivity contribution in [3.63, 3.8) is 0 Å². The van der Waals surface area contributed by atoms with Crippen LogP contribution in [0.3, 0.4) is 0 Å². The van der Waals surface area contributed by atoms with E-state index in [0.29, 0.717) is 16.5 Å². The summed E-state index contributed by atoms with van der Waals surface area (Å²) in [7, 11) is 0. The third-order valence-corrected chi connectivity index (χ3v) is 5.28. The second kappa shape index (κ2) is 7.23. The van der Waals surface area contributed by atoms with Crippen LogP contribution in [0.15, 0.2) is 52.5 Å². The zero-order valence-electron chi connectivity index (χ0n) is 14.4. The number of hydrogen-bond acceptors (Lipinski definition) is 4. The second-order valence-corrected chi connectivity index (χ2v) is 7.64. The third-order valence-electron chi connectivity index (χ3n) is 4.26. The van der Waals surface area contributed by atoms with E-state index in [1.54, 1.807) is 24.3 Å². The van der Waals surface area contributed by atoms with Crippen molar-refractivity contribution in [2.24, 2.45) is 4.99 Å². The number of amides is 1. The number of thioether (sulfide) groups is 1. The first-order chi connectivity index (χ1) is 13.7. The van der Waals surface area contributed by atoms with Gasteiger partial charge in [-0.3, -0.25) is 9.48 Å². The van der Waals surface area contributed by atoms with Gasteiger partial charge < -0.3 is 5.11 Å². The number of aromatic nitrogens is 2. The molecule has 5 nitrogen and oxygen atoms in total. The number of rotatable bonds is 3. The van der Waals surface area contributed by atoms with Crippen LogP contribution in [0.2, 0.25) is 5.02 Å². The van der Waals surface area contributed by atoms with E-state index in [-0.39, 0.29) is 22.0 Å². The predicted octanol–water partition coefficient (Wildman–Crippen LogP) is 4.09. The second-order valence-electron chi connectivity index (χ2n) is 6.21. The van der Waals surface area contributed by atoms with Gasteiger partial charge in [0.1, 0.15) is 0 Å². The van der Waals surface area contributed by atoms with Gasteiger partial charge in [0, 0.05) is 15.6 Å². The Morgan fingerprint density at radius 2 is 2.00 bits per heavy atom. The first kappa shape index (κ1) is 19.5. The Kier molecular flexibility index (Phi) is 4.87. The summed E-state index contributed by atoms with van der Waals surface area (Å²) in [6.45, 7) is -0.0856. The zero-order valence-corrected chi connectivity index (χ0v) is 16.0. The number of carbonyl (C=O) groups excluding carboxylic acids is 1. The number of nitrogens with zero attached hydrogens (tertiary/aromatic N) is 3. The zero-order chi connectivity index (χ0) is 20.8. The molecule has 0 atom stereocenters. The minimum Gasteiger partial charge on any atom is -0.853 e. The van der Waals surface area contributed by atoms with E-state index in [9.17, 15) is 23.1 Å². The maximum Gasteiger partial charge on any atom is 0.416 e. The van der Waals surface area contributed by atoms with Crippen LogP contribution in [0.25, 0.3) is 17.0 Å². The molecule has 29 heavy (non-hydrogen) atoms. The molecule has 1 amide bonds. The predicted molar refractivity (Wildman–Crippen MR) is 103 cm³/mol. The molecule has 0 saturated heterocycles. The number of aliphatic imine (C=N–C) groups is 1. The summed E-state index contributed by atoms with van der Waals surface area (Å²) < 4.78 is 41.4. The highest BCUT2D eigenvalue weighted by molar-refractivity contribution is 8.18. The number of alkyl halides is 3. The Morgan fingerprint density at radius 3 is 2.69 bits per heavy atom. The molecular formula is C19H10ClF3N3O2S-. The fourth-order valence-electron chi connectivity index (χ4n) is 2.97. The Balaban J connectivity index is 1.66. The lowest BCUT2D eigenvalue weighted by atomic mass is 10.1. The van der Waals surface area contributed by atoms with Crippen LogP contribution in [0.4, 0.5) is 13.2 Å². The van der Waals surface area contributed by atoms with E-state index in [0.717, 1.165) is 17.8 Å². The molecular weight excluding hydrogens is 427 g/mol. The lowest BCUT2D eigenvalue weighted by Crippen LogP contribution is -2.12.